The van der Waals surface area contributed by atoms with Crippen molar-refractivity contribution < 1.29 is 4.74 Å². The first kappa shape index (κ1) is 18.6. The number of aliphatic imine (C=N–C) groups is 2. The molecule has 146 valence electrons. The number of rotatable bonds is 4. The van der Waals surface area contributed by atoms with Crippen LogP contribution in [-0.2, 0) is 6.61 Å². The minimum atomic E-state index is -0.490. The van der Waals surface area contributed by atoms with Gasteiger partial charge in [-0.25, -0.2) is 4.99 Å². The second-order valence-electron chi connectivity index (χ2n) is 7.08. The number of aromatic nitrogens is 1. The second-order valence-corrected chi connectivity index (χ2v) is 7.49. The van der Waals surface area contributed by atoms with Crippen molar-refractivity contribution in [1.82, 2.24) is 4.98 Å². The van der Waals surface area contributed by atoms with Gasteiger partial charge < -0.3 is 16.2 Å². The average Bonchev–Trinajstić information content (AvgIpc) is 2.68. The predicted molar refractivity (Wildman–Crippen MR) is 112 cm³/mol. The van der Waals surface area contributed by atoms with Crippen LogP contribution in [0.25, 0.3) is 0 Å². The van der Waals surface area contributed by atoms with Crippen LogP contribution in [0.15, 0.2) is 52.7 Å². The summed E-state index contributed by atoms with van der Waals surface area (Å²) in [4.78, 5) is 14.9. The lowest BCUT2D eigenvalue weighted by Gasteiger charge is -2.45. The van der Waals surface area contributed by atoms with Gasteiger partial charge in [0.05, 0.1) is 5.02 Å². The molecule has 1 aliphatic heterocycles. The van der Waals surface area contributed by atoms with Crippen LogP contribution < -0.4 is 21.1 Å². The van der Waals surface area contributed by atoms with Crippen LogP contribution in [0, 0.1) is 0 Å². The lowest BCUT2D eigenvalue weighted by molar-refractivity contribution is 0.303. The van der Waals surface area contributed by atoms with Crippen LogP contribution in [0.1, 0.15) is 37.7 Å². The first-order valence-corrected chi connectivity index (χ1v) is 9.76. The van der Waals surface area contributed by atoms with Crippen LogP contribution in [0.5, 0.6) is 5.75 Å². The van der Waals surface area contributed by atoms with Crippen molar-refractivity contribution in [1.29, 1.82) is 0 Å². The monoisotopic (exact) mass is 398 g/mol. The summed E-state index contributed by atoms with van der Waals surface area (Å²) < 4.78 is 5.85. The lowest BCUT2D eigenvalue weighted by Crippen LogP contribution is -2.58. The van der Waals surface area contributed by atoms with Gasteiger partial charge in [0.1, 0.15) is 18.0 Å². The minimum Gasteiger partial charge on any atom is -0.487 e. The fourth-order valence-electron chi connectivity index (χ4n) is 3.89. The van der Waals surface area contributed by atoms with Crippen LogP contribution in [0.4, 0.5) is 5.69 Å². The van der Waals surface area contributed by atoms with Gasteiger partial charge in [-0.05, 0) is 49.9 Å². The van der Waals surface area contributed by atoms with Gasteiger partial charge in [-0.1, -0.05) is 24.1 Å². The molecule has 0 bridgehead atoms. The van der Waals surface area contributed by atoms with Crippen molar-refractivity contribution in [2.75, 3.05) is 4.90 Å². The normalized spacial score (nSPS) is 18.5. The standard InChI is InChI=1S/C20H23ClN6O/c21-16-11-15(6-7-17(16)28-13-14-5-4-10-24-12-14)27-19(23)25-18(22)26-20(27)8-2-1-3-9-20/h4-7,10-12H,1-3,8-9,13H2,(H4,22,23,25,26). The Morgan fingerprint density at radius 3 is 2.68 bits per heavy atom. The molecule has 0 amide bonds. The first-order chi connectivity index (χ1) is 13.6. The van der Waals surface area contributed by atoms with E-state index in [0.717, 1.165) is 36.9 Å². The van der Waals surface area contributed by atoms with Crippen molar-refractivity contribution in [2.24, 2.45) is 21.5 Å². The second kappa shape index (κ2) is 7.67. The Bertz CT molecular complexity index is 908. The number of guanidine groups is 2. The van der Waals surface area contributed by atoms with E-state index in [9.17, 15) is 0 Å². The quantitative estimate of drug-likeness (QED) is 0.821. The van der Waals surface area contributed by atoms with Crippen molar-refractivity contribution in [3.63, 3.8) is 0 Å². The topological polar surface area (TPSA) is 102 Å². The van der Waals surface area contributed by atoms with Gasteiger partial charge in [-0.3, -0.25) is 9.88 Å². The van der Waals surface area contributed by atoms with Crippen molar-refractivity contribution in [3.8, 4) is 5.75 Å². The third kappa shape index (κ3) is 3.62. The van der Waals surface area contributed by atoms with E-state index in [4.69, 9.17) is 27.8 Å². The molecule has 1 aromatic carbocycles. The van der Waals surface area contributed by atoms with Crippen molar-refractivity contribution in [3.05, 3.63) is 53.3 Å². The highest BCUT2D eigenvalue weighted by atomic mass is 35.5. The van der Waals surface area contributed by atoms with E-state index in [1.54, 1.807) is 12.4 Å². The average molecular weight is 399 g/mol. The van der Waals surface area contributed by atoms with Gasteiger partial charge in [0.25, 0.3) is 0 Å². The van der Waals surface area contributed by atoms with Crippen molar-refractivity contribution in [2.45, 2.75) is 44.4 Å². The maximum atomic E-state index is 6.51. The summed E-state index contributed by atoms with van der Waals surface area (Å²) in [5, 5.41) is 0.502. The molecule has 7 nitrogen and oxygen atoms in total. The fraction of sp³-hybridized carbons (Fsp3) is 0.350. The van der Waals surface area contributed by atoms with E-state index < -0.39 is 5.66 Å². The Kier molecular flexibility index (Phi) is 5.09. The number of hydrogen-bond acceptors (Lipinski definition) is 7. The summed E-state index contributed by atoms with van der Waals surface area (Å²) in [7, 11) is 0. The molecular formula is C20H23ClN6O. The van der Waals surface area contributed by atoms with E-state index in [-0.39, 0.29) is 5.96 Å². The summed E-state index contributed by atoms with van der Waals surface area (Å²) in [6.45, 7) is 0.394. The Morgan fingerprint density at radius 2 is 1.96 bits per heavy atom. The zero-order valence-electron chi connectivity index (χ0n) is 15.5. The van der Waals surface area contributed by atoms with Crippen LogP contribution in [-0.4, -0.2) is 22.6 Å². The number of benzene rings is 1. The predicted octanol–water partition coefficient (Wildman–Crippen LogP) is 3.42. The summed E-state index contributed by atoms with van der Waals surface area (Å²) in [6.07, 6.45) is 8.57. The van der Waals surface area contributed by atoms with Crippen LogP contribution in [0.2, 0.25) is 5.02 Å². The molecule has 1 saturated carbocycles. The molecule has 0 saturated heterocycles. The highest BCUT2D eigenvalue weighted by molar-refractivity contribution is 6.32. The molecular weight excluding hydrogens is 376 g/mol. The molecule has 4 N–H and O–H groups in total. The van der Waals surface area contributed by atoms with Gasteiger partial charge in [0.15, 0.2) is 0 Å². The van der Waals surface area contributed by atoms with Gasteiger partial charge >= 0.3 is 0 Å². The number of nitrogens with two attached hydrogens (primary N) is 2. The number of nitrogens with zero attached hydrogens (tertiary/aromatic N) is 4. The molecule has 1 aromatic heterocycles. The Hall–Kier alpha value is -2.80. The molecule has 2 heterocycles. The molecule has 4 rings (SSSR count). The maximum Gasteiger partial charge on any atom is 0.220 e. The van der Waals surface area contributed by atoms with Crippen molar-refractivity contribution >= 4 is 29.2 Å². The third-order valence-electron chi connectivity index (χ3n) is 5.14. The summed E-state index contributed by atoms with van der Waals surface area (Å²) in [6, 6.07) is 9.45. The molecule has 2 aromatic rings. The van der Waals surface area contributed by atoms with Gasteiger partial charge in [0, 0.05) is 23.6 Å². The SMILES string of the molecule is NC1=NC2(CCCCC2)N(c2ccc(OCc3cccnc3)c(Cl)c2)C(N)=N1. The maximum absolute atomic E-state index is 6.51. The molecule has 0 atom stereocenters. The number of anilines is 1. The lowest BCUT2D eigenvalue weighted by atomic mass is 9.87. The molecule has 1 fully saturated rings. The fourth-order valence-corrected chi connectivity index (χ4v) is 4.11. The molecule has 8 heteroatoms. The molecule has 1 aliphatic carbocycles. The number of ether oxygens (including phenoxy) is 1. The van der Waals surface area contributed by atoms with E-state index in [1.807, 2.05) is 35.2 Å². The van der Waals surface area contributed by atoms with Crippen LogP contribution in [0.3, 0.4) is 0 Å². The minimum absolute atomic E-state index is 0.234. The van der Waals surface area contributed by atoms with Crippen LogP contribution >= 0.6 is 11.6 Å². The first-order valence-electron chi connectivity index (χ1n) is 9.38. The molecule has 28 heavy (non-hydrogen) atoms. The van der Waals surface area contributed by atoms with E-state index in [2.05, 4.69) is 15.0 Å². The zero-order valence-corrected chi connectivity index (χ0v) is 16.3. The Labute approximate surface area is 169 Å². The van der Waals surface area contributed by atoms with Gasteiger partial charge in [-0.2, -0.15) is 4.99 Å². The Morgan fingerprint density at radius 1 is 1.14 bits per heavy atom. The number of halogens is 1. The summed E-state index contributed by atoms with van der Waals surface area (Å²) in [5.41, 5.74) is 13.5. The summed E-state index contributed by atoms with van der Waals surface area (Å²) in [5.74, 6) is 1.18. The van der Waals surface area contributed by atoms with Gasteiger partial charge in [-0.15, -0.1) is 0 Å². The largest absolute Gasteiger partial charge is 0.487 e. The third-order valence-corrected chi connectivity index (χ3v) is 5.44. The van der Waals surface area contributed by atoms with E-state index in [1.165, 1.54) is 6.42 Å². The van der Waals surface area contributed by atoms with E-state index in [0.29, 0.717) is 23.3 Å². The molecule has 0 unspecified atom stereocenters. The number of pyridine rings is 1. The zero-order chi connectivity index (χ0) is 19.6. The Balaban J connectivity index is 1.59. The molecule has 1 spiro atoms. The summed E-state index contributed by atoms with van der Waals surface area (Å²) >= 11 is 6.51. The van der Waals surface area contributed by atoms with Gasteiger partial charge in [0.2, 0.25) is 11.9 Å². The highest BCUT2D eigenvalue weighted by Crippen LogP contribution is 2.41. The highest BCUT2D eigenvalue weighted by Gasteiger charge is 2.42. The van der Waals surface area contributed by atoms with E-state index >= 15 is 0 Å². The molecule has 2 aliphatic rings. The smallest absolute Gasteiger partial charge is 0.220 e. The number of hydrogen-bond donors (Lipinski definition) is 2. The molecule has 0 radical (unpaired) electrons.